The first-order valence-electron chi connectivity index (χ1n) is 7.01. The number of nitro benzene ring substituents is 1. The van der Waals surface area contributed by atoms with Gasteiger partial charge in [0.15, 0.2) is 0 Å². The SMILES string of the molecule is O=C(CSCc1ccccc1)NNC(=O)c1ccc([N+](=O)[O-])cc1. The molecule has 2 aromatic carbocycles. The number of amides is 2. The van der Waals surface area contributed by atoms with E-state index in [1.807, 2.05) is 30.3 Å². The van der Waals surface area contributed by atoms with Crippen molar-refractivity contribution in [1.29, 1.82) is 0 Å². The Morgan fingerprint density at radius 1 is 1.00 bits per heavy atom. The molecule has 24 heavy (non-hydrogen) atoms. The van der Waals surface area contributed by atoms with Gasteiger partial charge in [0.1, 0.15) is 0 Å². The van der Waals surface area contributed by atoms with Crippen LogP contribution in [0, 0.1) is 10.1 Å². The predicted molar refractivity (Wildman–Crippen MR) is 91.3 cm³/mol. The van der Waals surface area contributed by atoms with Crippen molar-refractivity contribution in [2.24, 2.45) is 0 Å². The zero-order valence-corrected chi connectivity index (χ0v) is 13.4. The van der Waals surface area contributed by atoms with E-state index >= 15 is 0 Å². The third kappa shape index (κ3) is 5.40. The van der Waals surface area contributed by atoms with Gasteiger partial charge in [0.2, 0.25) is 5.91 Å². The molecule has 0 aliphatic rings. The summed E-state index contributed by atoms with van der Waals surface area (Å²) in [7, 11) is 0. The van der Waals surface area contributed by atoms with Gasteiger partial charge in [0.05, 0.1) is 10.7 Å². The first-order valence-corrected chi connectivity index (χ1v) is 8.17. The highest BCUT2D eigenvalue weighted by atomic mass is 32.2. The number of hydrazine groups is 1. The van der Waals surface area contributed by atoms with Crippen LogP contribution in [0.15, 0.2) is 54.6 Å². The summed E-state index contributed by atoms with van der Waals surface area (Å²) in [6, 6.07) is 14.8. The van der Waals surface area contributed by atoms with Crippen molar-refractivity contribution in [3.05, 3.63) is 75.8 Å². The number of hydrogen-bond acceptors (Lipinski definition) is 5. The molecule has 0 saturated carbocycles. The Morgan fingerprint density at radius 2 is 1.67 bits per heavy atom. The lowest BCUT2D eigenvalue weighted by molar-refractivity contribution is -0.384. The third-order valence-electron chi connectivity index (χ3n) is 3.00. The molecular formula is C16H15N3O4S. The second-order valence-electron chi connectivity index (χ2n) is 4.78. The smallest absolute Gasteiger partial charge is 0.269 e. The molecule has 0 unspecified atom stereocenters. The van der Waals surface area contributed by atoms with Gasteiger partial charge in [-0.15, -0.1) is 11.8 Å². The van der Waals surface area contributed by atoms with Gasteiger partial charge in [-0.3, -0.25) is 30.6 Å². The lowest BCUT2D eigenvalue weighted by Gasteiger charge is -2.07. The van der Waals surface area contributed by atoms with Crippen LogP contribution in [0.4, 0.5) is 5.69 Å². The standard InChI is InChI=1S/C16H15N3O4S/c20-15(11-24-10-12-4-2-1-3-5-12)17-18-16(21)13-6-8-14(9-7-13)19(22)23/h1-9H,10-11H2,(H,17,20)(H,18,21). The molecule has 0 saturated heterocycles. The average Bonchev–Trinajstić information content (AvgIpc) is 2.60. The number of hydrogen-bond donors (Lipinski definition) is 2. The number of carbonyl (C=O) groups excluding carboxylic acids is 2. The lowest BCUT2D eigenvalue weighted by Crippen LogP contribution is -2.42. The van der Waals surface area contributed by atoms with E-state index in [-0.39, 0.29) is 22.9 Å². The minimum atomic E-state index is -0.548. The maximum atomic E-state index is 11.8. The Hall–Kier alpha value is -2.87. The summed E-state index contributed by atoms with van der Waals surface area (Å²) in [5, 5.41) is 10.5. The van der Waals surface area contributed by atoms with Gasteiger partial charge in [0.25, 0.3) is 11.6 Å². The molecule has 2 amide bonds. The lowest BCUT2D eigenvalue weighted by atomic mass is 10.2. The summed E-state index contributed by atoms with van der Waals surface area (Å²) in [6.07, 6.45) is 0. The van der Waals surface area contributed by atoms with E-state index < -0.39 is 10.8 Å². The highest BCUT2D eigenvalue weighted by molar-refractivity contribution is 7.99. The van der Waals surface area contributed by atoms with E-state index in [2.05, 4.69) is 10.9 Å². The van der Waals surface area contributed by atoms with E-state index in [0.29, 0.717) is 5.75 Å². The van der Waals surface area contributed by atoms with Crippen LogP contribution in [0.5, 0.6) is 0 Å². The molecule has 8 heteroatoms. The summed E-state index contributed by atoms with van der Waals surface area (Å²) in [5.41, 5.74) is 5.82. The first kappa shape index (κ1) is 17.5. The number of rotatable bonds is 6. The number of benzene rings is 2. The molecule has 0 fully saturated rings. The quantitative estimate of drug-likeness (QED) is 0.618. The van der Waals surface area contributed by atoms with Gasteiger partial charge < -0.3 is 0 Å². The van der Waals surface area contributed by atoms with Gasteiger partial charge in [-0.05, 0) is 17.7 Å². The molecule has 0 bridgehead atoms. The number of nitro groups is 1. The summed E-state index contributed by atoms with van der Waals surface area (Å²) in [6.45, 7) is 0. The minimum Gasteiger partial charge on any atom is -0.272 e. The molecule has 0 aliphatic heterocycles. The van der Waals surface area contributed by atoms with E-state index in [4.69, 9.17) is 0 Å². The summed E-state index contributed by atoms with van der Waals surface area (Å²) in [4.78, 5) is 33.5. The Labute approximate surface area is 142 Å². The zero-order chi connectivity index (χ0) is 17.4. The fraction of sp³-hybridized carbons (Fsp3) is 0.125. The number of thioether (sulfide) groups is 1. The number of carbonyl (C=O) groups is 2. The van der Waals surface area contributed by atoms with Crippen LogP contribution in [-0.2, 0) is 10.5 Å². The topological polar surface area (TPSA) is 101 Å². The fourth-order valence-electron chi connectivity index (χ4n) is 1.81. The fourth-order valence-corrected chi connectivity index (χ4v) is 2.59. The van der Waals surface area contributed by atoms with E-state index in [0.717, 1.165) is 5.56 Å². The van der Waals surface area contributed by atoms with E-state index in [1.54, 1.807) is 0 Å². The Bertz CT molecular complexity index is 720. The Balaban J connectivity index is 1.72. The molecule has 2 N–H and O–H groups in total. The molecule has 0 spiro atoms. The second kappa shape index (κ2) is 8.68. The van der Waals surface area contributed by atoms with Crippen molar-refractivity contribution in [2.45, 2.75) is 5.75 Å². The average molecular weight is 345 g/mol. The molecule has 0 aromatic heterocycles. The Kier molecular flexibility index (Phi) is 6.32. The van der Waals surface area contributed by atoms with Crippen molar-refractivity contribution in [3.63, 3.8) is 0 Å². The molecular weight excluding hydrogens is 330 g/mol. The summed E-state index contributed by atoms with van der Waals surface area (Å²) in [5.74, 6) is 0.0393. The minimum absolute atomic E-state index is 0.104. The van der Waals surface area contributed by atoms with E-state index in [9.17, 15) is 19.7 Å². The van der Waals surface area contributed by atoms with Crippen LogP contribution in [0.1, 0.15) is 15.9 Å². The van der Waals surface area contributed by atoms with Crippen LogP contribution in [0.3, 0.4) is 0 Å². The van der Waals surface area contributed by atoms with Crippen LogP contribution in [0.2, 0.25) is 0 Å². The molecule has 7 nitrogen and oxygen atoms in total. The summed E-state index contributed by atoms with van der Waals surface area (Å²) < 4.78 is 0. The number of non-ortho nitro benzene ring substituents is 1. The Morgan fingerprint density at radius 3 is 2.29 bits per heavy atom. The molecule has 0 heterocycles. The molecule has 0 radical (unpaired) electrons. The summed E-state index contributed by atoms with van der Waals surface area (Å²) >= 11 is 1.43. The normalized spacial score (nSPS) is 10.0. The monoisotopic (exact) mass is 345 g/mol. The largest absolute Gasteiger partial charge is 0.272 e. The predicted octanol–water partition coefficient (Wildman–Crippen LogP) is 2.29. The van der Waals surface area contributed by atoms with Crippen LogP contribution in [0.25, 0.3) is 0 Å². The van der Waals surface area contributed by atoms with Crippen molar-refractivity contribution in [1.82, 2.24) is 10.9 Å². The molecule has 2 aromatic rings. The molecule has 2 rings (SSSR count). The van der Waals surface area contributed by atoms with Crippen molar-refractivity contribution in [2.75, 3.05) is 5.75 Å². The molecule has 0 atom stereocenters. The number of nitrogens with zero attached hydrogens (tertiary/aromatic N) is 1. The van der Waals surface area contributed by atoms with Crippen molar-refractivity contribution in [3.8, 4) is 0 Å². The van der Waals surface area contributed by atoms with Gasteiger partial charge >= 0.3 is 0 Å². The van der Waals surface area contributed by atoms with Crippen molar-refractivity contribution >= 4 is 29.3 Å². The first-order chi connectivity index (χ1) is 11.6. The number of nitrogens with one attached hydrogen (secondary N) is 2. The highest BCUT2D eigenvalue weighted by Gasteiger charge is 2.10. The highest BCUT2D eigenvalue weighted by Crippen LogP contribution is 2.12. The maximum absolute atomic E-state index is 11.8. The van der Waals surface area contributed by atoms with E-state index in [1.165, 1.54) is 36.0 Å². The van der Waals surface area contributed by atoms with Gasteiger partial charge in [0, 0.05) is 23.4 Å². The van der Waals surface area contributed by atoms with Gasteiger partial charge in [-0.1, -0.05) is 30.3 Å². The molecule has 124 valence electrons. The van der Waals surface area contributed by atoms with Gasteiger partial charge in [-0.2, -0.15) is 0 Å². The zero-order valence-electron chi connectivity index (χ0n) is 12.6. The van der Waals surface area contributed by atoms with Gasteiger partial charge in [-0.25, -0.2) is 0 Å². The second-order valence-corrected chi connectivity index (χ2v) is 5.77. The van der Waals surface area contributed by atoms with Crippen LogP contribution < -0.4 is 10.9 Å². The van der Waals surface area contributed by atoms with Crippen molar-refractivity contribution < 1.29 is 14.5 Å². The van der Waals surface area contributed by atoms with Crippen LogP contribution in [-0.4, -0.2) is 22.5 Å². The van der Waals surface area contributed by atoms with Crippen LogP contribution >= 0.6 is 11.8 Å². The third-order valence-corrected chi connectivity index (χ3v) is 4.00. The maximum Gasteiger partial charge on any atom is 0.269 e. The molecule has 0 aliphatic carbocycles.